The van der Waals surface area contributed by atoms with Crippen LogP contribution in [0.1, 0.15) is 12.5 Å². The summed E-state index contributed by atoms with van der Waals surface area (Å²) in [7, 11) is 2.86. The third-order valence-corrected chi connectivity index (χ3v) is 5.94. The van der Waals surface area contributed by atoms with E-state index in [9.17, 15) is 8.42 Å². The minimum absolute atomic E-state index is 0.259. The lowest BCUT2D eigenvalue weighted by Crippen LogP contribution is -2.30. The summed E-state index contributed by atoms with van der Waals surface area (Å²) in [5.41, 5.74) is 1.72. The summed E-state index contributed by atoms with van der Waals surface area (Å²) in [6.45, 7) is 2.96. The molecule has 0 fully saturated rings. The zero-order chi connectivity index (χ0) is 21.4. The summed E-state index contributed by atoms with van der Waals surface area (Å²) in [6, 6.07) is 12.3. The van der Waals surface area contributed by atoms with E-state index in [4.69, 9.17) is 9.47 Å². The minimum Gasteiger partial charge on any atom is -0.493 e. The second-order valence-electron chi connectivity index (χ2n) is 6.28. The van der Waals surface area contributed by atoms with Gasteiger partial charge in [0.25, 0.3) is 0 Å². The number of sulfonamides is 1. The summed E-state index contributed by atoms with van der Waals surface area (Å²) in [5, 5.41) is 6.39. The van der Waals surface area contributed by atoms with Crippen LogP contribution in [0.25, 0.3) is 0 Å². The largest absolute Gasteiger partial charge is 0.493 e. The third-order valence-electron chi connectivity index (χ3n) is 4.11. The molecule has 0 aliphatic heterocycles. The fourth-order valence-electron chi connectivity index (χ4n) is 2.51. The van der Waals surface area contributed by atoms with Crippen molar-refractivity contribution in [1.29, 1.82) is 0 Å². The lowest BCUT2D eigenvalue weighted by Gasteiger charge is -2.15. The van der Waals surface area contributed by atoms with Crippen LogP contribution in [0.5, 0.6) is 11.5 Å². The summed E-state index contributed by atoms with van der Waals surface area (Å²) < 4.78 is 36.4. The second kappa shape index (κ2) is 10.1. The molecule has 2 aromatic rings. The topological polar surface area (TPSA) is 92.3 Å². The van der Waals surface area contributed by atoms with E-state index < -0.39 is 10.0 Å². The van der Waals surface area contributed by atoms with Gasteiger partial charge in [-0.05, 0) is 36.8 Å². The van der Waals surface area contributed by atoms with E-state index in [-0.39, 0.29) is 4.90 Å². The van der Waals surface area contributed by atoms with Gasteiger partial charge in [0.2, 0.25) is 10.0 Å². The molecular weight excluding hydrogens is 392 g/mol. The van der Waals surface area contributed by atoms with Gasteiger partial charge in [0.15, 0.2) is 17.5 Å². The molecular formula is C20H28N4O4S. The van der Waals surface area contributed by atoms with E-state index in [0.29, 0.717) is 30.6 Å². The van der Waals surface area contributed by atoms with Gasteiger partial charge in [-0.2, -0.15) is 0 Å². The average Bonchev–Trinajstić information content (AvgIpc) is 2.72. The Balaban J connectivity index is 2.03. The average molecular weight is 421 g/mol. The highest BCUT2D eigenvalue weighted by Gasteiger charge is 2.16. The molecule has 0 atom stereocenters. The third kappa shape index (κ3) is 5.85. The summed E-state index contributed by atoms with van der Waals surface area (Å²) in [5.74, 6) is 1.88. The number of ether oxygens (including phenoxy) is 2. The standard InChI is InChI=1S/C20H28N4O4S/c1-6-28-18-12-9-16(13-19(18)27-5)23-20(21-2)22-14-15-7-10-17(11-8-15)29(25,26)24(3)4/h7-13H,6,14H2,1-5H3,(H2,21,22,23). The Hall–Kier alpha value is -2.78. The first-order valence-electron chi connectivity index (χ1n) is 9.11. The van der Waals surface area contributed by atoms with Gasteiger partial charge in [0, 0.05) is 39.4 Å². The molecule has 2 rings (SSSR count). The molecule has 0 spiro atoms. The molecule has 0 aliphatic rings. The SMILES string of the molecule is CCOc1ccc(NC(=NC)NCc2ccc(S(=O)(=O)N(C)C)cc2)cc1OC. The van der Waals surface area contributed by atoms with Crippen molar-refractivity contribution in [3.8, 4) is 11.5 Å². The van der Waals surface area contributed by atoms with Crippen molar-refractivity contribution in [2.75, 3.05) is 40.2 Å². The molecule has 8 nitrogen and oxygen atoms in total. The lowest BCUT2D eigenvalue weighted by molar-refractivity contribution is 0.311. The molecule has 0 saturated carbocycles. The molecule has 158 valence electrons. The van der Waals surface area contributed by atoms with Crippen LogP contribution < -0.4 is 20.1 Å². The van der Waals surface area contributed by atoms with Gasteiger partial charge in [-0.25, -0.2) is 12.7 Å². The first-order chi connectivity index (χ1) is 13.8. The van der Waals surface area contributed by atoms with Gasteiger partial charge in [-0.3, -0.25) is 4.99 Å². The molecule has 0 heterocycles. The summed E-state index contributed by atoms with van der Waals surface area (Å²) in [6.07, 6.45) is 0. The normalized spacial score (nSPS) is 12.0. The van der Waals surface area contributed by atoms with Crippen LogP contribution >= 0.6 is 0 Å². The molecule has 0 aromatic heterocycles. The number of nitrogens with one attached hydrogen (secondary N) is 2. The van der Waals surface area contributed by atoms with Crippen LogP contribution in [-0.4, -0.2) is 53.5 Å². The van der Waals surface area contributed by atoms with Crippen LogP contribution in [0, 0.1) is 0 Å². The molecule has 0 radical (unpaired) electrons. The smallest absolute Gasteiger partial charge is 0.242 e. The van der Waals surface area contributed by atoms with Gasteiger partial charge in [0.05, 0.1) is 18.6 Å². The molecule has 2 aromatic carbocycles. The van der Waals surface area contributed by atoms with Crippen LogP contribution in [-0.2, 0) is 16.6 Å². The van der Waals surface area contributed by atoms with Crippen molar-refractivity contribution in [3.63, 3.8) is 0 Å². The highest BCUT2D eigenvalue weighted by Crippen LogP contribution is 2.30. The van der Waals surface area contributed by atoms with Gasteiger partial charge in [0.1, 0.15) is 0 Å². The van der Waals surface area contributed by atoms with Gasteiger partial charge in [-0.1, -0.05) is 12.1 Å². The Kier molecular flexibility index (Phi) is 7.86. The summed E-state index contributed by atoms with van der Waals surface area (Å²) in [4.78, 5) is 4.47. The zero-order valence-corrected chi connectivity index (χ0v) is 18.2. The number of hydrogen-bond donors (Lipinski definition) is 2. The maximum Gasteiger partial charge on any atom is 0.242 e. The van der Waals surface area contributed by atoms with Crippen molar-refractivity contribution in [2.45, 2.75) is 18.4 Å². The first-order valence-corrected chi connectivity index (χ1v) is 10.6. The Bertz CT molecular complexity index is 941. The maximum atomic E-state index is 12.1. The highest BCUT2D eigenvalue weighted by atomic mass is 32.2. The Morgan fingerprint density at radius 2 is 1.79 bits per heavy atom. The molecule has 9 heteroatoms. The second-order valence-corrected chi connectivity index (χ2v) is 8.43. The molecule has 0 amide bonds. The van der Waals surface area contributed by atoms with E-state index in [0.717, 1.165) is 11.3 Å². The molecule has 0 saturated heterocycles. The monoisotopic (exact) mass is 420 g/mol. The quantitative estimate of drug-likeness (QED) is 0.504. The summed E-state index contributed by atoms with van der Waals surface area (Å²) >= 11 is 0. The molecule has 2 N–H and O–H groups in total. The minimum atomic E-state index is -3.43. The van der Waals surface area contributed by atoms with Crippen LogP contribution in [0.15, 0.2) is 52.4 Å². The number of hydrogen-bond acceptors (Lipinski definition) is 5. The van der Waals surface area contributed by atoms with E-state index in [1.54, 1.807) is 38.4 Å². The van der Waals surface area contributed by atoms with Gasteiger partial charge < -0.3 is 20.1 Å². The molecule has 0 aliphatic carbocycles. The van der Waals surface area contributed by atoms with Gasteiger partial charge >= 0.3 is 0 Å². The van der Waals surface area contributed by atoms with E-state index in [2.05, 4.69) is 15.6 Å². The maximum absolute atomic E-state index is 12.1. The number of aliphatic imine (C=N–C) groups is 1. The van der Waals surface area contributed by atoms with Crippen molar-refractivity contribution < 1.29 is 17.9 Å². The predicted octanol–water partition coefficient (Wildman–Crippen LogP) is 2.53. The highest BCUT2D eigenvalue weighted by molar-refractivity contribution is 7.89. The zero-order valence-electron chi connectivity index (χ0n) is 17.4. The number of rotatable bonds is 8. The number of guanidine groups is 1. The number of nitrogens with zero attached hydrogens (tertiary/aromatic N) is 2. The van der Waals surface area contributed by atoms with Crippen molar-refractivity contribution in [3.05, 3.63) is 48.0 Å². The number of anilines is 1. The van der Waals surface area contributed by atoms with E-state index in [1.165, 1.54) is 18.4 Å². The van der Waals surface area contributed by atoms with Crippen LogP contribution in [0.2, 0.25) is 0 Å². The molecule has 0 unspecified atom stereocenters. The van der Waals surface area contributed by atoms with Gasteiger partial charge in [-0.15, -0.1) is 0 Å². The Labute approximate surface area is 172 Å². The van der Waals surface area contributed by atoms with E-state index >= 15 is 0 Å². The van der Waals surface area contributed by atoms with Crippen LogP contribution in [0.3, 0.4) is 0 Å². The number of methoxy groups -OCH3 is 1. The van der Waals surface area contributed by atoms with Crippen LogP contribution in [0.4, 0.5) is 5.69 Å². The predicted molar refractivity (Wildman–Crippen MR) is 115 cm³/mol. The van der Waals surface area contributed by atoms with Crippen molar-refractivity contribution in [1.82, 2.24) is 9.62 Å². The Morgan fingerprint density at radius 3 is 2.34 bits per heavy atom. The number of benzene rings is 2. The fraction of sp³-hybridized carbons (Fsp3) is 0.350. The van der Waals surface area contributed by atoms with E-state index in [1.807, 2.05) is 25.1 Å². The fourth-order valence-corrected chi connectivity index (χ4v) is 3.41. The first kappa shape index (κ1) is 22.5. The lowest BCUT2D eigenvalue weighted by atomic mass is 10.2. The molecule has 0 bridgehead atoms. The molecule has 29 heavy (non-hydrogen) atoms. The van der Waals surface area contributed by atoms with Crippen molar-refractivity contribution >= 4 is 21.7 Å². The Morgan fingerprint density at radius 1 is 1.10 bits per heavy atom. The van der Waals surface area contributed by atoms with Crippen molar-refractivity contribution in [2.24, 2.45) is 4.99 Å².